The van der Waals surface area contributed by atoms with Gasteiger partial charge in [0.05, 0.1) is 24.5 Å². The van der Waals surface area contributed by atoms with Crippen molar-refractivity contribution in [3.05, 3.63) is 63.9 Å². The molecule has 1 fully saturated rings. The molecule has 1 aliphatic heterocycles. The zero-order valence-electron chi connectivity index (χ0n) is 17.9. The van der Waals surface area contributed by atoms with Crippen molar-refractivity contribution in [3.63, 3.8) is 0 Å². The highest BCUT2D eigenvalue weighted by Crippen LogP contribution is 2.26. The van der Waals surface area contributed by atoms with Crippen molar-refractivity contribution in [2.75, 3.05) is 11.4 Å². The quantitative estimate of drug-likeness (QED) is 0.540. The maximum atomic E-state index is 14.7. The molecule has 2 amide bonds. The summed E-state index contributed by atoms with van der Waals surface area (Å²) in [6, 6.07) is 2.92. The normalized spacial score (nSPS) is 17.2. The van der Waals surface area contributed by atoms with Gasteiger partial charge in [0.15, 0.2) is 5.65 Å². The summed E-state index contributed by atoms with van der Waals surface area (Å²) >= 11 is 0. The highest BCUT2D eigenvalue weighted by Gasteiger charge is 2.38. The summed E-state index contributed by atoms with van der Waals surface area (Å²) in [6.07, 6.45) is -5.24. The molecule has 2 atom stereocenters. The third-order valence-corrected chi connectivity index (χ3v) is 5.48. The van der Waals surface area contributed by atoms with Crippen molar-refractivity contribution in [3.8, 4) is 5.69 Å². The summed E-state index contributed by atoms with van der Waals surface area (Å²) in [5.74, 6) is -4.14. The summed E-state index contributed by atoms with van der Waals surface area (Å²) in [4.78, 5) is 43.0. The molecule has 184 valence electrons. The van der Waals surface area contributed by atoms with Crippen LogP contribution in [0.5, 0.6) is 0 Å². The molecule has 1 aromatic carbocycles. The van der Waals surface area contributed by atoms with Crippen LogP contribution in [0.25, 0.3) is 16.7 Å². The topological polar surface area (TPSA) is 105 Å². The number of para-hydroxylation sites is 1. The predicted molar refractivity (Wildman–Crippen MR) is 113 cm³/mol. The number of rotatable bonds is 4. The van der Waals surface area contributed by atoms with Crippen LogP contribution in [0, 0.1) is 11.6 Å². The first-order valence-corrected chi connectivity index (χ1v) is 10.2. The van der Waals surface area contributed by atoms with Crippen LogP contribution in [0.2, 0.25) is 0 Å². The lowest BCUT2D eigenvalue weighted by molar-refractivity contribution is -0.149. The summed E-state index contributed by atoms with van der Waals surface area (Å²) in [5, 5.41) is 11.1. The zero-order chi connectivity index (χ0) is 25.7. The average molecular weight is 496 g/mol. The van der Waals surface area contributed by atoms with Gasteiger partial charge < -0.3 is 10.4 Å². The molecule has 3 heterocycles. The Labute approximate surface area is 193 Å². The van der Waals surface area contributed by atoms with Gasteiger partial charge in [0.1, 0.15) is 34.7 Å². The largest absolute Gasteiger partial charge is 0.408 e. The SMILES string of the molecule is CC(NC(=O)c1cn(-c2c(F)cccc2F)c2nc(N3C[C@@H](O)CC3=O)ccc2c1=O)C(F)(F)F. The molecule has 0 aliphatic carbocycles. The molecule has 4 rings (SSSR count). The predicted octanol–water partition coefficient (Wildman–Crippen LogP) is 2.44. The number of benzene rings is 1. The van der Waals surface area contributed by atoms with Crippen LogP contribution < -0.4 is 15.6 Å². The number of hydrogen-bond acceptors (Lipinski definition) is 5. The summed E-state index contributed by atoms with van der Waals surface area (Å²) < 4.78 is 68.8. The number of pyridine rings is 2. The molecule has 3 aromatic rings. The molecule has 13 heteroatoms. The minimum Gasteiger partial charge on any atom is -0.391 e. The standard InChI is InChI=1S/C22H17F5N4O4/c1-10(22(25,26)27)28-21(35)13-9-31(18-14(23)3-2-4-15(18)24)20-12(19(13)34)5-6-16(29-20)30-8-11(32)7-17(30)33/h2-6,9-11,32H,7-8H2,1H3,(H,28,35)/t10?,11-/m0/s1. The molecule has 35 heavy (non-hydrogen) atoms. The molecular formula is C22H17F5N4O4. The molecule has 0 bridgehead atoms. The molecular weight excluding hydrogens is 479 g/mol. The number of nitrogens with zero attached hydrogens (tertiary/aromatic N) is 3. The van der Waals surface area contributed by atoms with E-state index in [9.17, 15) is 41.4 Å². The fraction of sp³-hybridized carbons (Fsp3) is 0.273. The van der Waals surface area contributed by atoms with Crippen molar-refractivity contribution in [1.29, 1.82) is 0 Å². The number of amides is 2. The number of aromatic nitrogens is 2. The number of anilines is 1. The second-order valence-corrected chi connectivity index (χ2v) is 7.95. The Bertz CT molecular complexity index is 1380. The zero-order valence-corrected chi connectivity index (χ0v) is 17.9. The molecule has 2 N–H and O–H groups in total. The molecule has 1 saturated heterocycles. The van der Waals surface area contributed by atoms with Gasteiger partial charge in [-0.15, -0.1) is 0 Å². The van der Waals surface area contributed by atoms with Gasteiger partial charge in [-0.3, -0.25) is 23.9 Å². The first-order chi connectivity index (χ1) is 16.4. The number of hydrogen-bond donors (Lipinski definition) is 2. The van der Waals surface area contributed by atoms with E-state index in [2.05, 4.69) is 4.98 Å². The smallest absolute Gasteiger partial charge is 0.391 e. The van der Waals surface area contributed by atoms with Gasteiger partial charge >= 0.3 is 6.18 Å². The summed E-state index contributed by atoms with van der Waals surface area (Å²) in [5.41, 5.74) is -2.94. The van der Waals surface area contributed by atoms with Crippen molar-refractivity contribution in [1.82, 2.24) is 14.9 Å². The Morgan fingerprint density at radius 3 is 2.40 bits per heavy atom. The molecule has 2 aromatic heterocycles. The lowest BCUT2D eigenvalue weighted by Crippen LogP contribution is -2.44. The van der Waals surface area contributed by atoms with Crippen molar-refractivity contribution >= 4 is 28.7 Å². The lowest BCUT2D eigenvalue weighted by Gasteiger charge is -2.19. The van der Waals surface area contributed by atoms with E-state index in [0.29, 0.717) is 13.1 Å². The number of nitrogens with one attached hydrogen (secondary N) is 1. The Hall–Kier alpha value is -3.87. The number of fused-ring (bicyclic) bond motifs is 1. The highest BCUT2D eigenvalue weighted by atomic mass is 19.4. The van der Waals surface area contributed by atoms with Crippen LogP contribution in [-0.4, -0.2) is 51.3 Å². The van der Waals surface area contributed by atoms with Crippen molar-refractivity contribution in [2.24, 2.45) is 0 Å². The van der Waals surface area contributed by atoms with E-state index >= 15 is 0 Å². The number of β-amino-alcohol motifs (C(OH)–C–C–N with tert-alkyl or cyclic N) is 1. The number of alkyl halides is 3. The second-order valence-electron chi connectivity index (χ2n) is 7.95. The minimum absolute atomic E-state index is 0.0353. The number of carbonyl (C=O) groups is 2. The molecule has 0 spiro atoms. The fourth-order valence-electron chi connectivity index (χ4n) is 3.66. The molecule has 8 nitrogen and oxygen atoms in total. The van der Waals surface area contributed by atoms with E-state index in [0.717, 1.165) is 33.7 Å². The maximum absolute atomic E-state index is 14.7. The second kappa shape index (κ2) is 8.73. The van der Waals surface area contributed by atoms with Gasteiger partial charge in [-0.25, -0.2) is 13.8 Å². The third kappa shape index (κ3) is 4.46. The number of carbonyl (C=O) groups excluding carboxylic acids is 2. The number of halogens is 5. The summed E-state index contributed by atoms with van der Waals surface area (Å²) in [7, 11) is 0. The third-order valence-electron chi connectivity index (χ3n) is 5.48. The number of aliphatic hydroxyl groups is 1. The van der Waals surface area contributed by atoms with Crippen LogP contribution in [0.1, 0.15) is 23.7 Å². The molecule has 1 aliphatic rings. The van der Waals surface area contributed by atoms with E-state index in [-0.39, 0.29) is 29.8 Å². The van der Waals surface area contributed by atoms with Crippen LogP contribution in [-0.2, 0) is 4.79 Å². The van der Waals surface area contributed by atoms with Gasteiger partial charge in [-0.05, 0) is 31.2 Å². The molecule has 0 saturated carbocycles. The van der Waals surface area contributed by atoms with Crippen LogP contribution in [0.4, 0.5) is 27.8 Å². The first-order valence-electron chi connectivity index (χ1n) is 10.2. The van der Waals surface area contributed by atoms with Crippen LogP contribution >= 0.6 is 0 Å². The Kier molecular flexibility index (Phi) is 6.05. The van der Waals surface area contributed by atoms with Crippen LogP contribution in [0.3, 0.4) is 0 Å². The Balaban J connectivity index is 1.95. The monoisotopic (exact) mass is 496 g/mol. The van der Waals surface area contributed by atoms with E-state index in [1.165, 1.54) is 6.07 Å². The van der Waals surface area contributed by atoms with Gasteiger partial charge in [0.2, 0.25) is 11.3 Å². The number of aliphatic hydroxyl groups excluding tert-OH is 1. The van der Waals surface area contributed by atoms with Crippen molar-refractivity contribution in [2.45, 2.75) is 31.7 Å². The van der Waals surface area contributed by atoms with Crippen LogP contribution in [0.15, 0.2) is 41.3 Å². The Morgan fingerprint density at radius 1 is 1.17 bits per heavy atom. The average Bonchev–Trinajstić information content (AvgIpc) is 3.11. The molecule has 1 unspecified atom stereocenters. The van der Waals surface area contributed by atoms with Crippen molar-refractivity contribution < 1.29 is 36.6 Å². The highest BCUT2D eigenvalue weighted by molar-refractivity contribution is 5.99. The Morgan fingerprint density at radius 2 is 1.83 bits per heavy atom. The fourth-order valence-corrected chi connectivity index (χ4v) is 3.66. The van der Waals surface area contributed by atoms with Gasteiger partial charge in [-0.2, -0.15) is 13.2 Å². The minimum atomic E-state index is -4.80. The van der Waals surface area contributed by atoms with Gasteiger partial charge in [0, 0.05) is 6.20 Å². The maximum Gasteiger partial charge on any atom is 0.408 e. The lowest BCUT2D eigenvalue weighted by atomic mass is 10.1. The van der Waals surface area contributed by atoms with E-state index < -0.39 is 58.5 Å². The first kappa shape index (κ1) is 24.3. The van der Waals surface area contributed by atoms with E-state index in [1.54, 1.807) is 5.32 Å². The van der Waals surface area contributed by atoms with E-state index in [4.69, 9.17) is 0 Å². The van der Waals surface area contributed by atoms with E-state index in [1.807, 2.05) is 0 Å². The molecule has 0 radical (unpaired) electrons. The summed E-state index contributed by atoms with van der Waals surface area (Å²) in [6.45, 7) is 0.564. The van der Waals surface area contributed by atoms with Gasteiger partial charge in [-0.1, -0.05) is 6.07 Å². The van der Waals surface area contributed by atoms with Gasteiger partial charge in [0.25, 0.3) is 5.91 Å².